The monoisotopic (exact) mass is 352 g/mol. The molecular formula is C16H16O7S. The highest BCUT2D eigenvalue weighted by molar-refractivity contribution is 7.87. The largest absolute Gasteiger partial charge is 0.497 e. The SMILES string of the molecule is CCOc1cc(C(=O)O)ccc1OS(=O)(=O)c1ccc(OC)cc1. The van der Waals surface area contributed by atoms with Gasteiger partial charge in [-0.1, -0.05) is 0 Å². The van der Waals surface area contributed by atoms with Crippen molar-refractivity contribution in [1.82, 2.24) is 0 Å². The van der Waals surface area contributed by atoms with Crippen molar-refractivity contribution in [2.45, 2.75) is 11.8 Å². The van der Waals surface area contributed by atoms with Gasteiger partial charge in [-0.15, -0.1) is 0 Å². The Hall–Kier alpha value is -2.74. The summed E-state index contributed by atoms with van der Waals surface area (Å²) >= 11 is 0. The van der Waals surface area contributed by atoms with E-state index in [0.717, 1.165) is 0 Å². The summed E-state index contributed by atoms with van der Waals surface area (Å²) in [5.41, 5.74) is -0.0346. The van der Waals surface area contributed by atoms with Crippen LogP contribution in [-0.2, 0) is 10.1 Å². The number of methoxy groups -OCH3 is 1. The van der Waals surface area contributed by atoms with E-state index in [-0.39, 0.29) is 28.6 Å². The Morgan fingerprint density at radius 2 is 1.75 bits per heavy atom. The van der Waals surface area contributed by atoms with Crippen molar-refractivity contribution in [3.8, 4) is 17.2 Å². The van der Waals surface area contributed by atoms with E-state index in [1.54, 1.807) is 6.92 Å². The van der Waals surface area contributed by atoms with Crippen molar-refractivity contribution in [3.05, 3.63) is 48.0 Å². The minimum Gasteiger partial charge on any atom is -0.497 e. The van der Waals surface area contributed by atoms with Gasteiger partial charge in [-0.2, -0.15) is 8.42 Å². The fraction of sp³-hybridized carbons (Fsp3) is 0.188. The molecule has 0 saturated heterocycles. The van der Waals surface area contributed by atoms with E-state index in [2.05, 4.69) is 0 Å². The van der Waals surface area contributed by atoms with Gasteiger partial charge in [-0.25, -0.2) is 4.79 Å². The van der Waals surface area contributed by atoms with Crippen LogP contribution in [0, 0.1) is 0 Å². The van der Waals surface area contributed by atoms with Gasteiger partial charge in [-0.3, -0.25) is 0 Å². The van der Waals surface area contributed by atoms with E-state index in [1.807, 2.05) is 0 Å². The zero-order chi connectivity index (χ0) is 17.7. The molecule has 2 rings (SSSR count). The summed E-state index contributed by atoms with van der Waals surface area (Å²) in [4.78, 5) is 10.9. The van der Waals surface area contributed by atoms with Crippen molar-refractivity contribution >= 4 is 16.1 Å². The number of hydrogen-bond donors (Lipinski definition) is 1. The predicted molar refractivity (Wildman–Crippen MR) is 85.4 cm³/mol. The highest BCUT2D eigenvalue weighted by Gasteiger charge is 2.20. The standard InChI is InChI=1S/C16H16O7S/c1-3-22-15-10-11(16(17)18)4-9-14(15)23-24(19,20)13-7-5-12(21-2)6-8-13/h4-10H,3H2,1-2H3,(H,17,18). The van der Waals surface area contributed by atoms with Crippen LogP contribution in [0.5, 0.6) is 17.2 Å². The molecule has 8 heteroatoms. The Kier molecular flexibility index (Phi) is 5.30. The van der Waals surface area contributed by atoms with E-state index < -0.39 is 16.1 Å². The molecular weight excluding hydrogens is 336 g/mol. The lowest BCUT2D eigenvalue weighted by Crippen LogP contribution is -2.11. The second-order valence-corrected chi connectivity index (χ2v) is 6.16. The topological polar surface area (TPSA) is 99.1 Å². The van der Waals surface area contributed by atoms with Gasteiger partial charge in [0.05, 0.1) is 19.3 Å². The molecule has 128 valence electrons. The molecule has 0 amide bonds. The van der Waals surface area contributed by atoms with Crippen LogP contribution < -0.4 is 13.7 Å². The lowest BCUT2D eigenvalue weighted by molar-refractivity contribution is 0.0696. The van der Waals surface area contributed by atoms with E-state index in [9.17, 15) is 13.2 Å². The third kappa shape index (κ3) is 3.96. The normalized spacial score (nSPS) is 10.9. The van der Waals surface area contributed by atoms with Gasteiger partial charge in [0.25, 0.3) is 0 Å². The molecule has 0 aliphatic rings. The molecule has 2 aromatic rings. The quantitative estimate of drug-likeness (QED) is 0.765. The first-order valence-corrected chi connectivity index (χ1v) is 8.37. The van der Waals surface area contributed by atoms with Crippen LogP contribution in [-0.4, -0.2) is 33.2 Å². The van der Waals surface area contributed by atoms with Gasteiger partial charge in [0, 0.05) is 0 Å². The summed E-state index contributed by atoms with van der Waals surface area (Å²) in [6.45, 7) is 1.91. The maximum Gasteiger partial charge on any atom is 0.339 e. The smallest absolute Gasteiger partial charge is 0.339 e. The van der Waals surface area contributed by atoms with Crippen molar-refractivity contribution < 1.29 is 32.0 Å². The molecule has 0 bridgehead atoms. The highest BCUT2D eigenvalue weighted by Crippen LogP contribution is 2.31. The fourth-order valence-corrected chi connectivity index (χ4v) is 2.83. The molecule has 7 nitrogen and oxygen atoms in total. The van der Waals surface area contributed by atoms with Crippen molar-refractivity contribution in [2.24, 2.45) is 0 Å². The predicted octanol–water partition coefficient (Wildman–Crippen LogP) is 2.56. The molecule has 0 fully saturated rings. The number of carbonyl (C=O) groups is 1. The lowest BCUT2D eigenvalue weighted by atomic mass is 10.2. The first-order chi connectivity index (χ1) is 11.4. The maximum atomic E-state index is 12.3. The minimum absolute atomic E-state index is 0.0346. The Balaban J connectivity index is 2.35. The number of benzene rings is 2. The van der Waals surface area contributed by atoms with Crippen LogP contribution in [0.3, 0.4) is 0 Å². The molecule has 0 radical (unpaired) electrons. The first-order valence-electron chi connectivity index (χ1n) is 6.96. The lowest BCUT2D eigenvalue weighted by Gasteiger charge is -2.12. The summed E-state index contributed by atoms with van der Waals surface area (Å²) < 4.78 is 40.0. The molecule has 0 spiro atoms. The Morgan fingerprint density at radius 3 is 2.29 bits per heavy atom. The number of ether oxygens (including phenoxy) is 2. The number of hydrogen-bond acceptors (Lipinski definition) is 6. The fourth-order valence-electron chi connectivity index (χ4n) is 1.89. The van der Waals surface area contributed by atoms with Gasteiger partial charge in [-0.05, 0) is 49.4 Å². The molecule has 0 unspecified atom stereocenters. The third-order valence-corrected chi connectivity index (χ3v) is 4.29. The van der Waals surface area contributed by atoms with Crippen molar-refractivity contribution in [2.75, 3.05) is 13.7 Å². The van der Waals surface area contributed by atoms with E-state index in [1.165, 1.54) is 49.6 Å². The average molecular weight is 352 g/mol. The molecule has 24 heavy (non-hydrogen) atoms. The van der Waals surface area contributed by atoms with Gasteiger partial charge in [0.1, 0.15) is 10.6 Å². The maximum absolute atomic E-state index is 12.3. The summed E-state index contributed by atoms with van der Waals surface area (Å²) in [5.74, 6) is -0.692. The first kappa shape index (κ1) is 17.6. The van der Waals surface area contributed by atoms with Crippen LogP contribution in [0.4, 0.5) is 0 Å². The minimum atomic E-state index is -4.10. The van der Waals surface area contributed by atoms with Crippen LogP contribution >= 0.6 is 0 Å². The third-order valence-electron chi connectivity index (χ3n) is 3.04. The second kappa shape index (κ2) is 7.22. The van der Waals surface area contributed by atoms with E-state index in [0.29, 0.717) is 5.75 Å². The number of carboxylic acids is 1. The van der Waals surface area contributed by atoms with Gasteiger partial charge < -0.3 is 18.8 Å². The zero-order valence-electron chi connectivity index (χ0n) is 13.1. The second-order valence-electron chi connectivity index (χ2n) is 4.61. The van der Waals surface area contributed by atoms with Crippen LogP contribution in [0.1, 0.15) is 17.3 Å². The molecule has 0 aromatic heterocycles. The Bertz CT molecular complexity index is 826. The summed E-state index contributed by atoms with van der Waals surface area (Å²) in [5, 5.41) is 9.00. The van der Waals surface area contributed by atoms with Crippen molar-refractivity contribution in [3.63, 3.8) is 0 Å². The molecule has 0 aliphatic carbocycles. The van der Waals surface area contributed by atoms with Gasteiger partial charge in [0.2, 0.25) is 0 Å². The molecule has 0 atom stereocenters. The Morgan fingerprint density at radius 1 is 1.08 bits per heavy atom. The van der Waals surface area contributed by atoms with Gasteiger partial charge in [0.15, 0.2) is 11.5 Å². The molecule has 0 saturated carbocycles. The van der Waals surface area contributed by atoms with Crippen LogP contribution in [0.2, 0.25) is 0 Å². The van der Waals surface area contributed by atoms with Crippen molar-refractivity contribution in [1.29, 1.82) is 0 Å². The summed E-state index contributed by atoms with van der Waals surface area (Å²) in [6.07, 6.45) is 0. The van der Waals surface area contributed by atoms with E-state index in [4.69, 9.17) is 18.8 Å². The van der Waals surface area contributed by atoms with E-state index >= 15 is 0 Å². The molecule has 0 aliphatic heterocycles. The molecule has 2 aromatic carbocycles. The average Bonchev–Trinajstić information content (AvgIpc) is 2.56. The van der Waals surface area contributed by atoms with Crippen LogP contribution in [0.25, 0.3) is 0 Å². The number of rotatable bonds is 7. The summed E-state index contributed by atoms with van der Waals surface area (Å²) in [6, 6.07) is 9.38. The Labute approximate surface area is 139 Å². The van der Waals surface area contributed by atoms with Gasteiger partial charge >= 0.3 is 16.1 Å². The highest BCUT2D eigenvalue weighted by atomic mass is 32.2. The number of aromatic carboxylic acids is 1. The molecule has 0 heterocycles. The zero-order valence-corrected chi connectivity index (χ0v) is 13.9. The van der Waals surface area contributed by atoms with Crippen LogP contribution in [0.15, 0.2) is 47.4 Å². The number of carboxylic acid groups (broad SMARTS) is 1. The summed E-state index contributed by atoms with van der Waals surface area (Å²) in [7, 11) is -2.62. The molecule has 1 N–H and O–H groups in total.